The highest BCUT2D eigenvalue weighted by Gasteiger charge is 2.30. The molecule has 2 atom stereocenters. The number of hydrogen-bond acceptors (Lipinski definition) is 15. The number of carbonyl (C=O) groups is 3. The molecule has 0 radical (unpaired) electrons. The van der Waals surface area contributed by atoms with Gasteiger partial charge in [0.05, 0.1) is 50.6 Å². The van der Waals surface area contributed by atoms with Gasteiger partial charge in [-0.15, -0.1) is 12.4 Å². The average Bonchev–Trinajstić information content (AvgIpc) is 3.89. The van der Waals surface area contributed by atoms with Crippen LogP contribution in [-0.2, 0) is 27.1 Å². The van der Waals surface area contributed by atoms with E-state index in [9.17, 15) is 24.0 Å². The molecule has 0 spiro atoms. The van der Waals surface area contributed by atoms with Crippen LogP contribution in [-0.4, -0.2) is 151 Å². The number of amides is 1. The van der Waals surface area contributed by atoms with Crippen molar-refractivity contribution in [2.24, 2.45) is 0 Å². The number of piperazine rings is 2. The van der Waals surface area contributed by atoms with Gasteiger partial charge in [0, 0.05) is 124 Å². The van der Waals surface area contributed by atoms with Crippen LogP contribution in [0, 0.1) is 27.7 Å². The number of nitrogens with one attached hydrogen (secondary N) is 3. The highest BCUT2D eigenvalue weighted by atomic mass is 35.5. The Morgan fingerprint density at radius 2 is 1.04 bits per heavy atom. The second-order valence-electron chi connectivity index (χ2n) is 21.0. The van der Waals surface area contributed by atoms with Gasteiger partial charge in [0.2, 0.25) is 0 Å². The van der Waals surface area contributed by atoms with Crippen molar-refractivity contribution in [2.45, 2.75) is 106 Å². The molecule has 3 N–H and O–H groups in total. The predicted molar refractivity (Wildman–Crippen MR) is 306 cm³/mol. The summed E-state index contributed by atoms with van der Waals surface area (Å²) in [4.78, 5) is 86.7. The number of Topliss-reactive ketones (excluding diaryl/α,β-unsaturated/α-hetero) is 2. The first-order valence-electron chi connectivity index (χ1n) is 26.5. The largest absolute Gasteiger partial charge is 0.496 e. The zero-order chi connectivity index (χ0) is 55.9. The molecule has 2 saturated heterocycles. The number of pyridine rings is 4. The van der Waals surface area contributed by atoms with Crippen molar-refractivity contribution in [3.05, 3.63) is 102 Å². The number of hydrogen-bond donors (Lipinski definition) is 3. The minimum absolute atomic E-state index is 0. The number of H-pyrrole nitrogens is 2. The maximum atomic E-state index is 13.7. The van der Waals surface area contributed by atoms with Gasteiger partial charge in [-0.3, -0.25) is 19.2 Å². The zero-order valence-corrected chi connectivity index (χ0v) is 48.5. The first-order chi connectivity index (χ1) is 36.7. The van der Waals surface area contributed by atoms with Crippen LogP contribution in [0.3, 0.4) is 0 Å². The van der Waals surface area contributed by atoms with Crippen LogP contribution < -0.4 is 35.7 Å². The van der Waals surface area contributed by atoms with E-state index in [4.69, 9.17) is 33.7 Å². The number of methoxy groups -OCH3 is 4. The molecule has 424 valence electrons. The summed E-state index contributed by atoms with van der Waals surface area (Å²) >= 11 is 0. The van der Waals surface area contributed by atoms with Gasteiger partial charge in [-0.05, 0) is 112 Å². The van der Waals surface area contributed by atoms with Crippen molar-refractivity contribution < 1.29 is 38.1 Å². The maximum absolute atomic E-state index is 13.7. The molecule has 20 nitrogen and oxygen atoms in total. The number of nitrogens with zero attached hydrogens (tertiary/aromatic N) is 7. The lowest BCUT2D eigenvalue weighted by Crippen LogP contribution is -2.50. The van der Waals surface area contributed by atoms with Crippen LogP contribution in [0.1, 0.15) is 114 Å². The lowest BCUT2D eigenvalue weighted by atomic mass is 10.0. The van der Waals surface area contributed by atoms with Crippen molar-refractivity contribution in [3.63, 3.8) is 0 Å². The molecule has 8 heterocycles. The molecule has 0 aromatic carbocycles. The molecule has 2 unspecified atom stereocenters. The van der Waals surface area contributed by atoms with Gasteiger partial charge >= 0.3 is 6.09 Å². The van der Waals surface area contributed by atoms with E-state index in [0.717, 1.165) is 71.3 Å². The van der Waals surface area contributed by atoms with Gasteiger partial charge in [0.1, 0.15) is 40.0 Å². The van der Waals surface area contributed by atoms with E-state index in [1.54, 1.807) is 45.1 Å². The Balaban J connectivity index is 0.000000253. The molecular formula is C57H79ClN10O10. The summed E-state index contributed by atoms with van der Waals surface area (Å²) in [7, 11) is 6.39. The van der Waals surface area contributed by atoms with E-state index >= 15 is 0 Å². The van der Waals surface area contributed by atoms with Crippen LogP contribution in [0.15, 0.2) is 46.0 Å². The number of aromatic nitrogens is 6. The average molecular weight is 1100 g/mol. The molecule has 2 aliphatic rings. The Labute approximate surface area is 462 Å². The first kappa shape index (κ1) is 60.5. The topological polar surface area (TPSA) is 220 Å². The highest BCUT2D eigenvalue weighted by Crippen LogP contribution is 2.34. The van der Waals surface area contributed by atoms with Crippen LogP contribution in [0.2, 0.25) is 0 Å². The molecule has 21 heteroatoms. The van der Waals surface area contributed by atoms with E-state index < -0.39 is 5.60 Å². The number of rotatable bonds is 18. The Morgan fingerprint density at radius 3 is 1.42 bits per heavy atom. The normalized spacial score (nSPS) is 14.7. The highest BCUT2D eigenvalue weighted by molar-refractivity contribution is 6.10. The summed E-state index contributed by atoms with van der Waals surface area (Å²) < 4.78 is 31.4. The number of ether oxygens (including phenoxy) is 5. The predicted octanol–water partition coefficient (Wildman–Crippen LogP) is 7.63. The maximum Gasteiger partial charge on any atom is 0.410 e. The summed E-state index contributed by atoms with van der Waals surface area (Å²) in [5.74, 6) is 2.60. The fraction of sp³-hybridized carbons (Fsp3) is 0.526. The van der Waals surface area contributed by atoms with Crippen LogP contribution in [0.5, 0.6) is 11.5 Å². The van der Waals surface area contributed by atoms with Gasteiger partial charge in [0.15, 0.2) is 11.6 Å². The van der Waals surface area contributed by atoms with E-state index in [0.29, 0.717) is 90.9 Å². The van der Waals surface area contributed by atoms with Crippen molar-refractivity contribution in [3.8, 4) is 11.5 Å². The molecule has 78 heavy (non-hydrogen) atoms. The Morgan fingerprint density at radius 1 is 0.628 bits per heavy atom. The fourth-order valence-corrected chi connectivity index (χ4v) is 10.6. The second kappa shape index (κ2) is 26.3. The third-order valence-corrected chi connectivity index (χ3v) is 14.2. The van der Waals surface area contributed by atoms with Crippen molar-refractivity contribution >= 4 is 63.8 Å². The van der Waals surface area contributed by atoms with Gasteiger partial charge in [-0.2, -0.15) is 0 Å². The van der Waals surface area contributed by atoms with E-state index in [2.05, 4.69) is 41.1 Å². The van der Waals surface area contributed by atoms with Gasteiger partial charge in [-0.1, -0.05) is 0 Å². The van der Waals surface area contributed by atoms with E-state index in [-0.39, 0.29) is 72.5 Å². The molecule has 0 aliphatic carbocycles. The van der Waals surface area contributed by atoms with Gasteiger partial charge < -0.3 is 62.8 Å². The van der Waals surface area contributed by atoms with Crippen LogP contribution in [0.25, 0.3) is 22.1 Å². The number of aromatic amines is 2. The van der Waals surface area contributed by atoms with E-state index in [1.807, 2.05) is 65.8 Å². The molecule has 1 amide bonds. The fourth-order valence-electron chi connectivity index (χ4n) is 10.6. The Bertz CT molecular complexity index is 3220. The zero-order valence-electron chi connectivity index (χ0n) is 47.6. The standard InChI is InChI=1S/C31H43N5O6.C26H35N5O4.ClH/c1-19-17-25(41-8)22(29(38)32-19)9-11-24(37)27-21(3)36(20(2)18-40-7)28-23(27)10-12-26(33-28)34-13-15-35(16-14-34)30(39)42-31(4,5)6;1-16-14-22(35-5)19(26(33)28-16)6-8-21(32)24-18(3)31(17(2)15-34-4)25-20(24)7-9-23(29-25)30-12-10-27-11-13-30;/h10,12,17,20H,9,11,13-16,18H2,1-8H3,(H,32,38);7,9,14,17,27H,6,8,10-13,15H2,1-5H3,(H,28,33);1H. The van der Waals surface area contributed by atoms with Crippen LogP contribution >= 0.6 is 12.4 Å². The monoisotopic (exact) mass is 1100 g/mol. The number of fused-ring (bicyclic) bond motifs is 2. The SMILES string of the molecule is COCC(C)n1c(C)c(C(=O)CCc2c(OC)cc(C)[nH]c2=O)c2ccc(N3CCN(C(=O)OC(C)(C)C)CC3)nc21.COCC(C)n1c(C)c(C(=O)CCc2c(OC)cc(C)[nH]c2=O)c2ccc(N3CCNCC3)nc21.Cl. The first-order valence-corrected chi connectivity index (χ1v) is 26.5. The molecule has 0 saturated carbocycles. The second-order valence-corrected chi connectivity index (χ2v) is 21.0. The van der Waals surface area contributed by atoms with Crippen molar-refractivity contribution in [1.29, 1.82) is 0 Å². The number of carbonyl (C=O) groups excluding carboxylic acids is 3. The third kappa shape index (κ3) is 13.6. The molecule has 0 bridgehead atoms. The summed E-state index contributed by atoms with van der Waals surface area (Å²) in [5.41, 5.74) is 5.79. The molecule has 6 aromatic rings. The lowest BCUT2D eigenvalue weighted by Gasteiger charge is -2.36. The molecule has 2 fully saturated rings. The number of aryl methyl sites for hydroxylation is 2. The van der Waals surface area contributed by atoms with Gasteiger partial charge in [0.25, 0.3) is 11.1 Å². The quantitative estimate of drug-likeness (QED) is 0.0705. The van der Waals surface area contributed by atoms with Crippen molar-refractivity contribution in [2.75, 3.05) is 104 Å². The smallest absolute Gasteiger partial charge is 0.410 e. The summed E-state index contributed by atoms with van der Waals surface area (Å²) in [5, 5.41) is 4.97. The number of halogens is 1. The number of ketones is 2. The number of anilines is 2. The van der Waals surface area contributed by atoms with Crippen molar-refractivity contribution in [1.82, 2.24) is 39.3 Å². The summed E-state index contributed by atoms with van der Waals surface area (Å²) in [6.45, 7) is 24.1. The van der Waals surface area contributed by atoms with Crippen LogP contribution in [0.4, 0.5) is 16.4 Å². The Kier molecular flexibility index (Phi) is 20.4. The Hall–Kier alpha value is -6.74. The minimum atomic E-state index is -0.542. The lowest BCUT2D eigenvalue weighted by molar-refractivity contribution is 0.0240. The molecular weight excluding hydrogens is 1020 g/mol. The molecule has 2 aliphatic heterocycles. The van der Waals surface area contributed by atoms with Gasteiger partial charge in [-0.25, -0.2) is 14.8 Å². The van der Waals surface area contributed by atoms with E-state index in [1.165, 1.54) is 14.2 Å². The minimum Gasteiger partial charge on any atom is -0.496 e. The third-order valence-electron chi connectivity index (χ3n) is 14.2. The molecule has 8 rings (SSSR count). The molecule has 6 aromatic heterocycles. The summed E-state index contributed by atoms with van der Waals surface area (Å²) in [6.07, 6.45) is 0.585. The summed E-state index contributed by atoms with van der Waals surface area (Å²) in [6, 6.07) is 11.4.